The van der Waals surface area contributed by atoms with E-state index in [0.29, 0.717) is 59.3 Å². The molecule has 0 unspecified atom stereocenters. The number of aromatic carboxylic acids is 1. The van der Waals surface area contributed by atoms with Crippen LogP contribution in [0.1, 0.15) is 34.4 Å². The molecule has 2 aromatic heterocycles. The number of fused-ring (bicyclic) bond motifs is 1. The van der Waals surface area contributed by atoms with E-state index in [1.165, 1.54) is 28.8 Å². The summed E-state index contributed by atoms with van der Waals surface area (Å²) in [6.45, 7) is 5.30. The highest BCUT2D eigenvalue weighted by molar-refractivity contribution is 7.92. The van der Waals surface area contributed by atoms with Crippen molar-refractivity contribution >= 4 is 50.3 Å². The maximum Gasteiger partial charge on any atom is 0.372 e. The Morgan fingerprint density at radius 2 is 1.83 bits per heavy atom. The van der Waals surface area contributed by atoms with Crippen LogP contribution in [0.5, 0.6) is 0 Å². The molecule has 1 aliphatic rings. The first kappa shape index (κ1) is 29.5. The molecule has 1 N–H and O–H groups in total. The smallest absolute Gasteiger partial charge is 0.372 e. The quantitative estimate of drug-likeness (QED) is 0.266. The van der Waals surface area contributed by atoms with Gasteiger partial charge in [0.25, 0.3) is 10.0 Å². The number of ether oxygens (including phenoxy) is 1. The lowest BCUT2D eigenvalue weighted by Gasteiger charge is -2.34. The molecule has 0 atom stereocenters. The predicted molar refractivity (Wildman–Crippen MR) is 155 cm³/mol. The molecule has 0 spiro atoms. The van der Waals surface area contributed by atoms with Gasteiger partial charge >= 0.3 is 12.0 Å². The van der Waals surface area contributed by atoms with Gasteiger partial charge in [-0.1, -0.05) is 11.6 Å². The number of carbonyl (C=O) groups is 2. The highest BCUT2D eigenvalue weighted by atomic mass is 35.5. The van der Waals surface area contributed by atoms with E-state index >= 15 is 0 Å². The summed E-state index contributed by atoms with van der Waals surface area (Å²) in [5.41, 5.74) is 1.49. The third kappa shape index (κ3) is 5.83. The van der Waals surface area contributed by atoms with Gasteiger partial charge in [-0.15, -0.1) is 0 Å². The molecular formula is C29H30ClN3O8S. The molecule has 0 radical (unpaired) electrons. The largest absolute Gasteiger partial charge is 0.475 e. The van der Waals surface area contributed by atoms with E-state index in [1.807, 2.05) is 0 Å². The maximum atomic E-state index is 14.0. The van der Waals surface area contributed by atoms with E-state index in [2.05, 4.69) is 0 Å². The molecular weight excluding hydrogens is 586 g/mol. The van der Waals surface area contributed by atoms with Crippen molar-refractivity contribution in [2.45, 2.75) is 31.8 Å². The SMILES string of the molecule is CCN(c1ccc(Cl)cc1CN(Cc1ccco1)C(=O)N1CCOCC1)S(=O)(=O)c1ccc2oc(C(=O)O)c(C)c2c1. The summed E-state index contributed by atoms with van der Waals surface area (Å²) in [6.07, 6.45) is 1.53. The van der Waals surface area contributed by atoms with Crippen molar-refractivity contribution in [1.29, 1.82) is 0 Å². The molecule has 5 rings (SSSR count). The van der Waals surface area contributed by atoms with Gasteiger partial charge in [-0.2, -0.15) is 0 Å². The normalized spacial score (nSPS) is 13.8. The summed E-state index contributed by atoms with van der Waals surface area (Å²) >= 11 is 6.39. The second kappa shape index (κ2) is 12.1. The number of carbonyl (C=O) groups excluding carboxylic acids is 1. The average Bonchev–Trinajstić information content (AvgIpc) is 3.61. The van der Waals surface area contributed by atoms with Crippen LogP contribution in [-0.4, -0.2) is 68.2 Å². The molecule has 3 heterocycles. The first-order chi connectivity index (χ1) is 20.1. The topological polar surface area (TPSA) is 134 Å². The number of sulfonamides is 1. The minimum absolute atomic E-state index is 0.0320. The van der Waals surface area contributed by atoms with E-state index in [1.54, 1.807) is 54.0 Å². The van der Waals surface area contributed by atoms with E-state index in [-0.39, 0.29) is 41.9 Å². The highest BCUT2D eigenvalue weighted by Crippen LogP contribution is 2.33. The molecule has 1 saturated heterocycles. The Balaban J connectivity index is 1.53. The predicted octanol–water partition coefficient (Wildman–Crippen LogP) is 5.36. The number of hydrogen-bond donors (Lipinski definition) is 1. The minimum Gasteiger partial charge on any atom is -0.475 e. The summed E-state index contributed by atoms with van der Waals surface area (Å²) in [7, 11) is -4.13. The van der Waals surface area contributed by atoms with Gasteiger partial charge in [0.2, 0.25) is 5.76 Å². The Labute approximate surface area is 247 Å². The third-order valence-electron chi connectivity index (χ3n) is 7.13. The number of halogens is 1. The fraction of sp³-hybridized carbons (Fsp3) is 0.310. The number of anilines is 1. The maximum absolute atomic E-state index is 14.0. The van der Waals surface area contributed by atoms with Crippen molar-refractivity contribution in [3.05, 3.63) is 82.5 Å². The van der Waals surface area contributed by atoms with Gasteiger partial charge in [-0.3, -0.25) is 4.31 Å². The summed E-state index contributed by atoms with van der Waals surface area (Å²) in [5, 5.41) is 10.2. The molecule has 1 aliphatic heterocycles. The van der Waals surface area contributed by atoms with Gasteiger partial charge in [0.1, 0.15) is 11.3 Å². The van der Waals surface area contributed by atoms with Crippen molar-refractivity contribution in [3.8, 4) is 0 Å². The van der Waals surface area contributed by atoms with Crippen LogP contribution >= 0.6 is 11.6 Å². The minimum atomic E-state index is -4.13. The molecule has 2 amide bonds. The zero-order valence-electron chi connectivity index (χ0n) is 23.1. The fourth-order valence-corrected chi connectivity index (χ4v) is 6.76. The number of amides is 2. The molecule has 42 heavy (non-hydrogen) atoms. The van der Waals surface area contributed by atoms with Crippen molar-refractivity contribution in [3.63, 3.8) is 0 Å². The molecule has 2 aromatic carbocycles. The van der Waals surface area contributed by atoms with E-state index < -0.39 is 16.0 Å². The second-order valence-corrected chi connectivity index (χ2v) is 12.1. The van der Waals surface area contributed by atoms with Crippen LogP contribution in [0.25, 0.3) is 11.0 Å². The van der Waals surface area contributed by atoms with E-state index in [0.717, 1.165) is 0 Å². The van der Waals surface area contributed by atoms with Crippen LogP contribution in [0.2, 0.25) is 5.02 Å². The Morgan fingerprint density at radius 3 is 2.50 bits per heavy atom. The number of benzene rings is 2. The Bertz CT molecular complexity index is 1710. The van der Waals surface area contributed by atoms with Crippen LogP contribution in [0.4, 0.5) is 10.5 Å². The van der Waals surface area contributed by atoms with Crippen LogP contribution in [0, 0.1) is 6.92 Å². The zero-order valence-corrected chi connectivity index (χ0v) is 24.7. The highest BCUT2D eigenvalue weighted by Gasteiger charge is 2.30. The van der Waals surface area contributed by atoms with E-state index in [4.69, 9.17) is 25.2 Å². The van der Waals surface area contributed by atoms with Crippen LogP contribution < -0.4 is 4.31 Å². The van der Waals surface area contributed by atoms with Crippen molar-refractivity contribution in [1.82, 2.24) is 9.80 Å². The summed E-state index contributed by atoms with van der Waals surface area (Å²) in [5.74, 6) is -0.905. The van der Waals surface area contributed by atoms with Crippen LogP contribution in [0.15, 0.2) is 68.5 Å². The molecule has 0 aliphatic carbocycles. The number of furan rings is 2. The molecule has 222 valence electrons. The van der Waals surface area contributed by atoms with Gasteiger partial charge in [0.05, 0.1) is 43.1 Å². The van der Waals surface area contributed by atoms with Crippen LogP contribution in [-0.2, 0) is 27.8 Å². The van der Waals surface area contributed by atoms with Crippen molar-refractivity contribution in [2.75, 3.05) is 37.2 Å². The summed E-state index contributed by atoms with van der Waals surface area (Å²) in [4.78, 5) is 28.4. The standard InChI is InChI=1S/C29H30ClN3O8S/c1-3-33(42(37,38)23-7-9-26-24(16-23)19(2)27(41-26)28(34)35)25-8-6-21(30)15-20(25)17-32(18-22-5-4-12-40-22)29(36)31-10-13-39-14-11-31/h4-9,12,15-16H,3,10-11,13-14,17-18H2,1-2H3,(H,34,35). The Hall–Kier alpha value is -4.00. The lowest BCUT2D eigenvalue weighted by Crippen LogP contribution is -2.47. The Kier molecular flexibility index (Phi) is 8.48. The number of aryl methyl sites for hydroxylation is 1. The molecule has 0 saturated carbocycles. The lowest BCUT2D eigenvalue weighted by molar-refractivity contribution is 0.0413. The summed E-state index contributed by atoms with van der Waals surface area (Å²) < 4.78 is 45.7. The number of urea groups is 1. The van der Waals surface area contributed by atoms with Crippen LogP contribution in [0.3, 0.4) is 0 Å². The molecule has 1 fully saturated rings. The number of morpholine rings is 1. The Morgan fingerprint density at radius 1 is 1.07 bits per heavy atom. The first-order valence-corrected chi connectivity index (χ1v) is 15.1. The van der Waals surface area contributed by atoms with Crippen molar-refractivity contribution < 1.29 is 36.7 Å². The molecule has 11 nitrogen and oxygen atoms in total. The molecule has 13 heteroatoms. The average molecular weight is 616 g/mol. The first-order valence-electron chi connectivity index (χ1n) is 13.3. The number of carboxylic acid groups (broad SMARTS) is 1. The molecule has 0 bridgehead atoms. The van der Waals surface area contributed by atoms with Gasteiger partial charge in [-0.25, -0.2) is 18.0 Å². The van der Waals surface area contributed by atoms with Crippen molar-refractivity contribution in [2.24, 2.45) is 0 Å². The van der Waals surface area contributed by atoms with Gasteiger partial charge in [-0.05, 0) is 67.9 Å². The number of hydrogen-bond acceptors (Lipinski definition) is 7. The number of rotatable bonds is 9. The lowest BCUT2D eigenvalue weighted by atomic mass is 10.1. The fourth-order valence-electron chi connectivity index (χ4n) is 5.03. The zero-order chi connectivity index (χ0) is 30.0. The summed E-state index contributed by atoms with van der Waals surface area (Å²) in [6, 6.07) is 12.4. The van der Waals surface area contributed by atoms with E-state index in [9.17, 15) is 23.1 Å². The van der Waals surface area contributed by atoms with Gasteiger partial charge in [0.15, 0.2) is 0 Å². The molecule has 4 aromatic rings. The monoisotopic (exact) mass is 615 g/mol. The van der Waals surface area contributed by atoms with Gasteiger partial charge < -0.3 is 28.5 Å². The second-order valence-electron chi connectivity index (χ2n) is 9.78. The van der Waals surface area contributed by atoms with Gasteiger partial charge in [0, 0.05) is 35.6 Å². The third-order valence-corrected chi connectivity index (χ3v) is 9.25. The number of carboxylic acids is 1. The number of nitrogens with zero attached hydrogens (tertiary/aromatic N) is 3.